The molecule has 1 saturated heterocycles. The smallest absolute Gasteiger partial charge is 0.245 e. The number of fused-ring (bicyclic) bond motifs is 1. The molecule has 8 nitrogen and oxygen atoms in total. The van der Waals surface area contributed by atoms with Crippen molar-refractivity contribution in [1.29, 1.82) is 0 Å². The zero-order valence-electron chi connectivity index (χ0n) is 16.0. The standard InChI is InChI=1S/C20H21N7OS/c1-26-9-10-27(13-16(26)14-6-3-2-4-7-14)20-19(21-12-15-8-5-11-29-15)22-17-18(23-20)25-28-24-17/h2-8,11,16H,9-10,12-13H2,1H3,(H,21,22,24)/t16-/m1/s1. The Morgan fingerprint density at radius 3 is 2.69 bits per heavy atom. The minimum Gasteiger partial charge on any atom is -0.362 e. The maximum Gasteiger partial charge on any atom is 0.245 e. The Balaban J connectivity index is 1.46. The Hall–Kier alpha value is -3.04. The fourth-order valence-corrected chi connectivity index (χ4v) is 4.30. The predicted molar refractivity (Wildman–Crippen MR) is 113 cm³/mol. The minimum absolute atomic E-state index is 0.281. The van der Waals surface area contributed by atoms with Gasteiger partial charge in [-0.15, -0.1) is 11.3 Å². The van der Waals surface area contributed by atoms with E-state index in [4.69, 9.17) is 9.61 Å². The van der Waals surface area contributed by atoms with E-state index >= 15 is 0 Å². The summed E-state index contributed by atoms with van der Waals surface area (Å²) in [7, 11) is 2.17. The summed E-state index contributed by atoms with van der Waals surface area (Å²) >= 11 is 1.71. The van der Waals surface area contributed by atoms with Crippen LogP contribution in [0, 0.1) is 0 Å². The SMILES string of the molecule is CN1CCN(c2nc3nonc3nc2NCc2cccs2)C[C@@H]1c1ccccc1. The van der Waals surface area contributed by atoms with E-state index in [1.165, 1.54) is 10.4 Å². The third-order valence-electron chi connectivity index (χ3n) is 5.24. The van der Waals surface area contributed by atoms with E-state index in [-0.39, 0.29) is 6.04 Å². The third-order valence-corrected chi connectivity index (χ3v) is 6.11. The summed E-state index contributed by atoms with van der Waals surface area (Å²) in [4.78, 5) is 15.3. The summed E-state index contributed by atoms with van der Waals surface area (Å²) in [6.07, 6.45) is 0. The van der Waals surface area contributed by atoms with Gasteiger partial charge < -0.3 is 10.2 Å². The van der Waals surface area contributed by atoms with Gasteiger partial charge in [0.2, 0.25) is 11.3 Å². The highest BCUT2D eigenvalue weighted by Crippen LogP contribution is 2.31. The lowest BCUT2D eigenvalue weighted by Crippen LogP contribution is -2.47. The molecule has 29 heavy (non-hydrogen) atoms. The van der Waals surface area contributed by atoms with E-state index < -0.39 is 0 Å². The first-order valence-electron chi connectivity index (χ1n) is 9.54. The zero-order valence-corrected chi connectivity index (χ0v) is 16.8. The van der Waals surface area contributed by atoms with Crippen molar-refractivity contribution in [1.82, 2.24) is 25.2 Å². The molecule has 1 N–H and O–H groups in total. The monoisotopic (exact) mass is 407 g/mol. The van der Waals surface area contributed by atoms with Crippen LogP contribution in [0.4, 0.5) is 11.6 Å². The number of aromatic nitrogens is 4. The predicted octanol–water partition coefficient (Wildman–Crippen LogP) is 3.18. The van der Waals surface area contributed by atoms with Gasteiger partial charge in [-0.25, -0.2) is 14.6 Å². The van der Waals surface area contributed by atoms with Crippen molar-refractivity contribution in [3.05, 3.63) is 58.3 Å². The summed E-state index contributed by atoms with van der Waals surface area (Å²) in [6, 6.07) is 15.0. The quantitative estimate of drug-likeness (QED) is 0.540. The number of benzene rings is 1. The lowest BCUT2D eigenvalue weighted by atomic mass is 10.0. The third kappa shape index (κ3) is 3.66. The Morgan fingerprint density at radius 2 is 1.90 bits per heavy atom. The van der Waals surface area contributed by atoms with Gasteiger partial charge in [0.25, 0.3) is 0 Å². The van der Waals surface area contributed by atoms with E-state index in [9.17, 15) is 0 Å². The Morgan fingerprint density at radius 1 is 1.07 bits per heavy atom. The largest absolute Gasteiger partial charge is 0.362 e. The van der Waals surface area contributed by atoms with Gasteiger partial charge in [-0.05, 0) is 34.4 Å². The second kappa shape index (κ2) is 7.76. The molecule has 0 aliphatic carbocycles. The van der Waals surface area contributed by atoms with E-state index in [0.29, 0.717) is 23.7 Å². The van der Waals surface area contributed by atoms with E-state index in [2.05, 4.69) is 73.2 Å². The first-order valence-corrected chi connectivity index (χ1v) is 10.4. The topological polar surface area (TPSA) is 83.2 Å². The first-order chi connectivity index (χ1) is 14.3. The van der Waals surface area contributed by atoms with Crippen LogP contribution in [0.2, 0.25) is 0 Å². The molecule has 4 aromatic rings. The number of piperazine rings is 1. The van der Waals surface area contributed by atoms with Crippen LogP contribution < -0.4 is 10.2 Å². The van der Waals surface area contributed by atoms with Crippen LogP contribution in [-0.2, 0) is 6.54 Å². The summed E-state index contributed by atoms with van der Waals surface area (Å²) < 4.78 is 4.84. The van der Waals surface area contributed by atoms with Crippen LogP contribution in [0.15, 0.2) is 52.5 Å². The van der Waals surface area contributed by atoms with Crippen LogP contribution in [0.3, 0.4) is 0 Å². The van der Waals surface area contributed by atoms with Gasteiger partial charge in [-0.1, -0.05) is 36.4 Å². The van der Waals surface area contributed by atoms with E-state index in [1.807, 2.05) is 12.1 Å². The Labute approximate surface area is 172 Å². The van der Waals surface area contributed by atoms with Gasteiger partial charge in [0.05, 0.1) is 12.6 Å². The maximum absolute atomic E-state index is 4.84. The number of hydrogen-bond donors (Lipinski definition) is 1. The van der Waals surface area contributed by atoms with Crippen LogP contribution in [-0.4, -0.2) is 51.9 Å². The molecule has 0 radical (unpaired) electrons. The van der Waals surface area contributed by atoms with Crippen molar-refractivity contribution in [2.24, 2.45) is 0 Å². The fourth-order valence-electron chi connectivity index (χ4n) is 3.65. The average Bonchev–Trinajstić information content (AvgIpc) is 3.44. The van der Waals surface area contributed by atoms with E-state index in [0.717, 1.165) is 25.5 Å². The first kappa shape index (κ1) is 18.0. The van der Waals surface area contributed by atoms with Gasteiger partial charge in [0, 0.05) is 24.5 Å². The fraction of sp³-hybridized carbons (Fsp3) is 0.300. The molecule has 3 aromatic heterocycles. The zero-order chi connectivity index (χ0) is 19.6. The second-order valence-electron chi connectivity index (χ2n) is 7.09. The molecule has 0 amide bonds. The lowest BCUT2D eigenvalue weighted by Gasteiger charge is -2.40. The molecule has 1 atom stereocenters. The molecule has 1 fully saturated rings. The molecular weight excluding hydrogens is 386 g/mol. The Bertz CT molecular complexity index is 1080. The van der Waals surface area contributed by atoms with Gasteiger partial charge in [-0.3, -0.25) is 4.90 Å². The molecule has 0 spiro atoms. The van der Waals surface area contributed by atoms with Crippen LogP contribution in [0.5, 0.6) is 0 Å². The highest BCUT2D eigenvalue weighted by molar-refractivity contribution is 7.09. The van der Waals surface area contributed by atoms with Gasteiger partial charge in [0.15, 0.2) is 11.6 Å². The van der Waals surface area contributed by atoms with Crippen molar-refractivity contribution < 1.29 is 4.63 Å². The van der Waals surface area contributed by atoms with Gasteiger partial charge in [-0.2, -0.15) is 0 Å². The van der Waals surface area contributed by atoms with Crippen LogP contribution >= 0.6 is 11.3 Å². The normalized spacial score (nSPS) is 17.7. The highest BCUT2D eigenvalue weighted by Gasteiger charge is 2.29. The molecule has 9 heteroatoms. The number of anilines is 2. The summed E-state index contributed by atoms with van der Waals surface area (Å²) in [5, 5.41) is 13.3. The maximum atomic E-state index is 4.84. The van der Waals surface area contributed by atoms with Crippen molar-refractivity contribution in [3.8, 4) is 0 Å². The number of thiophene rings is 1. The summed E-state index contributed by atoms with van der Waals surface area (Å²) in [5.41, 5.74) is 2.14. The molecule has 1 aliphatic rings. The summed E-state index contributed by atoms with van der Waals surface area (Å²) in [6.45, 7) is 3.30. The number of hydrogen-bond acceptors (Lipinski definition) is 9. The molecule has 4 heterocycles. The second-order valence-corrected chi connectivity index (χ2v) is 8.13. The molecule has 0 saturated carbocycles. The van der Waals surface area contributed by atoms with Gasteiger partial charge >= 0.3 is 0 Å². The van der Waals surface area contributed by atoms with Crippen molar-refractivity contribution in [3.63, 3.8) is 0 Å². The molecule has 0 unspecified atom stereocenters. The molecule has 1 aliphatic heterocycles. The van der Waals surface area contributed by atoms with Crippen LogP contribution in [0.25, 0.3) is 11.3 Å². The molecule has 5 rings (SSSR count). The molecular formula is C20H21N7OS. The Kier molecular flexibility index (Phi) is 4.82. The number of likely N-dealkylation sites (N-methyl/N-ethyl adjacent to an activating group) is 1. The van der Waals surface area contributed by atoms with Gasteiger partial charge in [0.1, 0.15) is 0 Å². The molecule has 148 valence electrons. The highest BCUT2D eigenvalue weighted by atomic mass is 32.1. The average molecular weight is 408 g/mol. The van der Waals surface area contributed by atoms with Crippen LogP contribution in [0.1, 0.15) is 16.5 Å². The van der Waals surface area contributed by atoms with Crippen molar-refractivity contribution >= 4 is 34.3 Å². The lowest BCUT2D eigenvalue weighted by molar-refractivity contribution is 0.220. The van der Waals surface area contributed by atoms with E-state index in [1.54, 1.807) is 11.3 Å². The minimum atomic E-state index is 0.281. The summed E-state index contributed by atoms with van der Waals surface area (Å²) in [5.74, 6) is 1.50. The number of nitrogens with one attached hydrogen (secondary N) is 1. The molecule has 0 bridgehead atoms. The van der Waals surface area contributed by atoms with Crippen molar-refractivity contribution in [2.45, 2.75) is 12.6 Å². The number of rotatable bonds is 5. The van der Waals surface area contributed by atoms with Crippen molar-refractivity contribution in [2.75, 3.05) is 36.9 Å². The molecule has 1 aromatic carbocycles. The number of nitrogens with zero attached hydrogens (tertiary/aromatic N) is 6.